The number of aromatic nitrogens is 6. The number of sulfonamides is 1. The van der Waals surface area contributed by atoms with Gasteiger partial charge in [0.2, 0.25) is 27.6 Å². The zero-order valence-corrected chi connectivity index (χ0v) is 25.2. The van der Waals surface area contributed by atoms with E-state index in [1.165, 1.54) is 10.9 Å². The zero-order valence-electron chi connectivity index (χ0n) is 24.4. The van der Waals surface area contributed by atoms with Crippen molar-refractivity contribution < 1.29 is 27.2 Å². The summed E-state index contributed by atoms with van der Waals surface area (Å²) < 4.78 is 40.9. The van der Waals surface area contributed by atoms with Gasteiger partial charge in [-0.05, 0) is 60.9 Å². The summed E-state index contributed by atoms with van der Waals surface area (Å²) in [7, 11) is -2.55. The molecule has 0 aliphatic rings. The van der Waals surface area contributed by atoms with Crippen LogP contribution < -0.4 is 15.2 Å². The van der Waals surface area contributed by atoms with Crippen LogP contribution in [-0.2, 0) is 27.8 Å². The molecule has 2 heterocycles. The summed E-state index contributed by atoms with van der Waals surface area (Å²) >= 11 is 0. The van der Waals surface area contributed by atoms with Gasteiger partial charge in [0, 0.05) is 5.56 Å². The van der Waals surface area contributed by atoms with E-state index in [2.05, 4.69) is 30.9 Å². The Morgan fingerprint density at radius 2 is 1.70 bits per heavy atom. The molecule has 14 nitrogen and oxygen atoms in total. The Kier molecular flexibility index (Phi) is 8.42. The molecule has 0 aliphatic heterocycles. The highest BCUT2D eigenvalue weighted by atomic mass is 32.2. The number of nitrogens with two attached hydrogens (primary N) is 1. The van der Waals surface area contributed by atoms with E-state index in [4.69, 9.17) is 19.1 Å². The molecule has 5 rings (SSSR count). The van der Waals surface area contributed by atoms with Crippen LogP contribution >= 0.6 is 0 Å². The van der Waals surface area contributed by atoms with E-state index in [1.807, 2.05) is 24.3 Å². The summed E-state index contributed by atoms with van der Waals surface area (Å²) in [5.74, 6) is 1.32. The highest BCUT2D eigenvalue weighted by Crippen LogP contribution is 2.35. The minimum absolute atomic E-state index is 0.00411. The molecule has 0 bridgehead atoms. The molecule has 0 radical (unpaired) electrons. The first kappa shape index (κ1) is 30.3. The van der Waals surface area contributed by atoms with E-state index in [-0.39, 0.29) is 28.7 Å². The van der Waals surface area contributed by atoms with Crippen molar-refractivity contribution in [3.05, 3.63) is 78.2 Å². The normalized spacial score (nSPS) is 11.8. The predicted octanol–water partition coefficient (Wildman–Crippen LogP) is 3.79. The van der Waals surface area contributed by atoms with Gasteiger partial charge < -0.3 is 19.3 Å². The van der Waals surface area contributed by atoms with Crippen molar-refractivity contribution in [2.24, 2.45) is 5.14 Å². The van der Waals surface area contributed by atoms with Gasteiger partial charge in [0.25, 0.3) is 0 Å². The third-order valence-corrected chi connectivity index (χ3v) is 7.15. The Hall–Kier alpha value is -5.15. The first-order chi connectivity index (χ1) is 20.9. The van der Waals surface area contributed by atoms with Gasteiger partial charge in [0.05, 0.1) is 24.1 Å². The molecule has 44 heavy (non-hydrogen) atoms. The molecule has 2 aromatic heterocycles. The van der Waals surface area contributed by atoms with Crippen LogP contribution in [0.25, 0.3) is 33.9 Å². The second-order valence-electron chi connectivity index (χ2n) is 10.7. The summed E-state index contributed by atoms with van der Waals surface area (Å²) in [5.41, 5.74) is 2.31. The molecule has 3 N–H and O–H groups in total. The third-order valence-electron chi connectivity index (χ3n) is 6.20. The van der Waals surface area contributed by atoms with E-state index >= 15 is 0 Å². The van der Waals surface area contributed by atoms with E-state index in [0.717, 1.165) is 5.56 Å². The number of tetrazole rings is 1. The number of rotatable bonds is 9. The molecule has 0 unspecified atom stereocenters. The number of nitrogens with one attached hydrogen (secondary N) is 1. The van der Waals surface area contributed by atoms with E-state index < -0.39 is 21.7 Å². The van der Waals surface area contributed by atoms with Crippen LogP contribution in [0.1, 0.15) is 32.2 Å². The number of hydrogen-bond acceptors (Lipinski definition) is 11. The van der Waals surface area contributed by atoms with Crippen molar-refractivity contribution in [1.29, 1.82) is 0 Å². The summed E-state index contributed by atoms with van der Waals surface area (Å²) in [5, 5.41) is 24.9. The first-order valence-corrected chi connectivity index (χ1v) is 14.9. The predicted molar refractivity (Wildman–Crippen MR) is 159 cm³/mol. The van der Waals surface area contributed by atoms with Crippen LogP contribution in [-0.4, -0.2) is 57.6 Å². The fourth-order valence-corrected chi connectivity index (χ4v) is 5.00. The lowest BCUT2D eigenvalue weighted by molar-refractivity contribution is 0.0517. The van der Waals surface area contributed by atoms with Gasteiger partial charge in [-0.1, -0.05) is 53.7 Å². The molecule has 0 spiro atoms. The van der Waals surface area contributed by atoms with E-state index in [9.17, 15) is 13.2 Å². The smallest absolute Gasteiger partial charge is 0.408 e. The van der Waals surface area contributed by atoms with Crippen molar-refractivity contribution in [3.63, 3.8) is 0 Å². The number of nitrogens with zero attached hydrogens (tertiary/aromatic N) is 6. The lowest BCUT2D eigenvalue weighted by Crippen LogP contribution is -2.32. The maximum atomic E-state index is 12.6. The Bertz CT molecular complexity index is 1880. The van der Waals surface area contributed by atoms with Crippen molar-refractivity contribution in [2.45, 2.75) is 44.4 Å². The third kappa shape index (κ3) is 7.25. The fourth-order valence-electron chi connectivity index (χ4n) is 4.25. The lowest BCUT2D eigenvalue weighted by Gasteiger charge is -2.19. The molecular weight excluding hydrogens is 588 g/mol. The minimum Gasteiger partial charge on any atom is -0.497 e. The Morgan fingerprint density at radius 3 is 2.36 bits per heavy atom. The molecule has 0 atom stereocenters. The largest absolute Gasteiger partial charge is 0.497 e. The van der Waals surface area contributed by atoms with Gasteiger partial charge in [0.1, 0.15) is 17.9 Å². The molecule has 5 aromatic rings. The summed E-state index contributed by atoms with van der Waals surface area (Å²) in [6.07, 6.45) is -0.602. The quantitative estimate of drug-likeness (QED) is 0.244. The van der Waals surface area contributed by atoms with Gasteiger partial charge >= 0.3 is 6.09 Å². The number of carbonyl (C=O) groups is 1. The molecule has 0 fully saturated rings. The second kappa shape index (κ2) is 12.2. The van der Waals surface area contributed by atoms with Crippen molar-refractivity contribution in [1.82, 2.24) is 35.7 Å². The molecule has 1 amide bonds. The van der Waals surface area contributed by atoms with Gasteiger partial charge in [-0.15, -0.1) is 10.2 Å². The highest BCUT2D eigenvalue weighted by molar-refractivity contribution is 7.89. The second-order valence-corrected chi connectivity index (χ2v) is 12.2. The highest BCUT2D eigenvalue weighted by Gasteiger charge is 2.23. The maximum absolute atomic E-state index is 12.6. The van der Waals surface area contributed by atoms with Gasteiger partial charge in [-0.2, -0.15) is 9.78 Å². The van der Waals surface area contributed by atoms with Crippen LogP contribution in [0.2, 0.25) is 0 Å². The number of primary sulfonamides is 1. The molecule has 0 saturated heterocycles. The van der Waals surface area contributed by atoms with Gasteiger partial charge in [-0.25, -0.2) is 18.4 Å². The molecule has 15 heteroatoms. The van der Waals surface area contributed by atoms with Crippen molar-refractivity contribution >= 4 is 16.1 Å². The van der Waals surface area contributed by atoms with Crippen LogP contribution in [0.15, 0.2) is 76.1 Å². The van der Waals surface area contributed by atoms with Crippen LogP contribution in [0.4, 0.5) is 4.79 Å². The number of benzene rings is 3. The average Bonchev–Trinajstić information content (AvgIpc) is 3.65. The maximum Gasteiger partial charge on any atom is 0.408 e. The zero-order chi connectivity index (χ0) is 31.5. The Labute approximate surface area is 253 Å². The number of methoxy groups -OCH3 is 1. The first-order valence-electron chi connectivity index (χ1n) is 13.4. The van der Waals surface area contributed by atoms with Crippen molar-refractivity contribution in [2.75, 3.05) is 7.11 Å². The molecule has 3 aromatic carbocycles. The number of amides is 1. The number of alkyl carbamates (subject to hydrolysis) is 1. The molecule has 228 valence electrons. The number of hydrogen-bond donors (Lipinski definition) is 2. The molecule has 0 aliphatic carbocycles. The lowest BCUT2D eigenvalue weighted by atomic mass is 9.98. The summed E-state index contributed by atoms with van der Waals surface area (Å²) in [6, 6.07) is 19.2. The number of ether oxygens (including phenoxy) is 2. The van der Waals surface area contributed by atoms with Crippen LogP contribution in [0, 0.1) is 0 Å². The number of carbonyl (C=O) groups excluding carboxylic acids is 1. The topological polar surface area (TPSA) is 190 Å². The molecule has 0 saturated carbocycles. The monoisotopic (exact) mass is 618 g/mol. The van der Waals surface area contributed by atoms with Crippen LogP contribution in [0.3, 0.4) is 0 Å². The van der Waals surface area contributed by atoms with E-state index in [0.29, 0.717) is 34.8 Å². The van der Waals surface area contributed by atoms with Gasteiger partial charge in [-0.3, -0.25) is 0 Å². The van der Waals surface area contributed by atoms with Crippen molar-refractivity contribution in [3.8, 4) is 39.7 Å². The Morgan fingerprint density at radius 1 is 1.00 bits per heavy atom. The fraction of sp³-hybridized carbons (Fsp3) is 0.241. The SMILES string of the molecule is COc1ccc(Cn2nnc(-c3c(-c4ccc(-c5noc(CNC(=O)OC(C)(C)C)n5)cc4)cccc3S(N)(=O)=O)n2)cc1. The Balaban J connectivity index is 1.40. The standard InChI is InChI=1S/C29H30N8O6S/c1-29(2,3)42-28(38)31-16-24-32-26(35-43-24)20-12-10-19(11-13-20)22-6-5-7-23(44(30,39)40)25(22)27-33-36-37(34-27)17-18-8-14-21(41-4)15-9-18/h5-15H,16-17H2,1-4H3,(H,31,38)(H2,30,39,40). The minimum atomic E-state index is -4.14. The van der Waals surface area contributed by atoms with E-state index in [1.54, 1.807) is 64.3 Å². The van der Waals surface area contributed by atoms with Gasteiger partial charge in [0.15, 0.2) is 0 Å². The average molecular weight is 619 g/mol. The summed E-state index contributed by atoms with van der Waals surface area (Å²) in [6.45, 7) is 5.59. The molecular formula is C29H30N8O6S. The van der Waals surface area contributed by atoms with Crippen LogP contribution in [0.5, 0.6) is 5.75 Å². The summed E-state index contributed by atoms with van der Waals surface area (Å²) in [4.78, 5) is 17.5.